The van der Waals surface area contributed by atoms with Gasteiger partial charge in [0.2, 0.25) is 0 Å². The first-order valence-corrected chi connectivity index (χ1v) is 6.27. The largest absolute Gasteiger partial charge is 0.480 e. The van der Waals surface area contributed by atoms with Crippen LogP contribution in [0.15, 0.2) is 18.2 Å². The van der Waals surface area contributed by atoms with Crippen LogP contribution in [0.4, 0.5) is 4.39 Å². The molecule has 1 aromatic carbocycles. The van der Waals surface area contributed by atoms with Crippen molar-refractivity contribution in [1.82, 2.24) is 4.90 Å². The third kappa shape index (κ3) is 2.65. The van der Waals surface area contributed by atoms with Crippen LogP contribution in [0, 0.1) is 11.7 Å². The first-order valence-electron chi connectivity index (χ1n) is 5.90. The Bertz CT molecular complexity index is 466. The van der Waals surface area contributed by atoms with Crippen molar-refractivity contribution in [2.45, 2.75) is 25.9 Å². The predicted molar refractivity (Wildman–Crippen MR) is 67.0 cm³/mol. The predicted octanol–water partition coefficient (Wildman–Crippen LogP) is 2.77. The Morgan fingerprint density at radius 2 is 2.33 bits per heavy atom. The van der Waals surface area contributed by atoms with Gasteiger partial charge in [0.25, 0.3) is 0 Å². The van der Waals surface area contributed by atoms with Gasteiger partial charge in [-0.3, -0.25) is 9.69 Å². The molecule has 0 saturated carbocycles. The van der Waals surface area contributed by atoms with Crippen LogP contribution in [0.2, 0.25) is 5.02 Å². The standard InChI is InChI=1S/C13H15ClFNO2/c1-8-4-5-16(12(8)13(17)18)7-9-2-3-10(15)6-11(9)14/h2-3,6,8,12H,4-5,7H2,1H3,(H,17,18). The lowest BCUT2D eigenvalue weighted by Gasteiger charge is -2.23. The second-order valence-electron chi connectivity index (χ2n) is 4.76. The summed E-state index contributed by atoms with van der Waals surface area (Å²) in [6.07, 6.45) is 0.857. The van der Waals surface area contributed by atoms with Crippen molar-refractivity contribution >= 4 is 17.6 Å². The maximum Gasteiger partial charge on any atom is 0.321 e. The maximum absolute atomic E-state index is 12.9. The van der Waals surface area contributed by atoms with Crippen molar-refractivity contribution in [1.29, 1.82) is 0 Å². The van der Waals surface area contributed by atoms with E-state index in [1.165, 1.54) is 12.1 Å². The summed E-state index contributed by atoms with van der Waals surface area (Å²) in [6.45, 7) is 3.11. The summed E-state index contributed by atoms with van der Waals surface area (Å²) >= 11 is 5.96. The van der Waals surface area contributed by atoms with Gasteiger partial charge in [0.15, 0.2) is 0 Å². The molecule has 0 spiro atoms. The molecule has 0 amide bonds. The van der Waals surface area contributed by atoms with Crippen LogP contribution in [0.5, 0.6) is 0 Å². The molecule has 5 heteroatoms. The number of rotatable bonds is 3. The van der Waals surface area contributed by atoms with Crippen LogP contribution in [0.25, 0.3) is 0 Å². The minimum atomic E-state index is -0.807. The molecule has 98 valence electrons. The zero-order valence-electron chi connectivity index (χ0n) is 10.1. The highest BCUT2D eigenvalue weighted by Crippen LogP contribution is 2.28. The number of aliphatic carboxylic acids is 1. The number of carbonyl (C=O) groups is 1. The van der Waals surface area contributed by atoms with Crippen molar-refractivity contribution in [3.05, 3.63) is 34.6 Å². The van der Waals surface area contributed by atoms with Gasteiger partial charge >= 0.3 is 5.97 Å². The molecule has 1 aliphatic heterocycles. The van der Waals surface area contributed by atoms with Crippen LogP contribution in [0.1, 0.15) is 18.9 Å². The molecule has 2 atom stereocenters. The third-order valence-corrected chi connectivity index (χ3v) is 3.80. The molecule has 3 nitrogen and oxygen atoms in total. The fourth-order valence-electron chi connectivity index (χ4n) is 2.47. The highest BCUT2D eigenvalue weighted by atomic mass is 35.5. The van der Waals surface area contributed by atoms with Gasteiger partial charge in [-0.05, 0) is 36.6 Å². The summed E-state index contributed by atoms with van der Waals surface area (Å²) in [5.74, 6) is -1.06. The molecule has 1 N–H and O–H groups in total. The number of hydrogen-bond donors (Lipinski definition) is 1. The van der Waals surface area contributed by atoms with Crippen LogP contribution in [-0.2, 0) is 11.3 Å². The van der Waals surface area contributed by atoms with Crippen LogP contribution in [0.3, 0.4) is 0 Å². The molecule has 0 bridgehead atoms. The molecule has 0 aliphatic carbocycles. The fraction of sp³-hybridized carbons (Fsp3) is 0.462. The van der Waals surface area contributed by atoms with Crippen LogP contribution < -0.4 is 0 Å². The van der Waals surface area contributed by atoms with Crippen LogP contribution >= 0.6 is 11.6 Å². The Morgan fingerprint density at radius 1 is 1.61 bits per heavy atom. The van der Waals surface area contributed by atoms with E-state index in [0.717, 1.165) is 18.5 Å². The Balaban J connectivity index is 2.16. The van der Waals surface area contributed by atoms with E-state index < -0.39 is 12.0 Å². The number of halogens is 2. The van der Waals surface area contributed by atoms with Crippen molar-refractivity contribution in [3.8, 4) is 0 Å². The maximum atomic E-state index is 12.9. The summed E-state index contributed by atoms with van der Waals surface area (Å²) in [6, 6.07) is 3.73. The molecule has 1 fully saturated rings. The second-order valence-corrected chi connectivity index (χ2v) is 5.16. The molecule has 0 aromatic heterocycles. The van der Waals surface area contributed by atoms with E-state index in [0.29, 0.717) is 11.6 Å². The SMILES string of the molecule is CC1CCN(Cc2ccc(F)cc2Cl)C1C(=O)O. The van der Waals surface area contributed by atoms with Crippen molar-refractivity contribution in [2.24, 2.45) is 5.92 Å². The molecular formula is C13H15ClFNO2. The minimum absolute atomic E-state index is 0.127. The molecule has 1 heterocycles. The number of carboxylic acids is 1. The Hall–Kier alpha value is -1.13. The van der Waals surface area contributed by atoms with E-state index in [1.54, 1.807) is 6.07 Å². The smallest absolute Gasteiger partial charge is 0.321 e. The second kappa shape index (κ2) is 5.24. The average molecular weight is 272 g/mol. The zero-order valence-corrected chi connectivity index (χ0v) is 10.8. The van der Waals surface area contributed by atoms with E-state index in [4.69, 9.17) is 11.6 Å². The third-order valence-electron chi connectivity index (χ3n) is 3.45. The number of carboxylic acid groups (broad SMARTS) is 1. The lowest BCUT2D eigenvalue weighted by atomic mass is 10.0. The highest BCUT2D eigenvalue weighted by Gasteiger charge is 2.36. The quantitative estimate of drug-likeness (QED) is 0.919. The number of benzene rings is 1. The van der Waals surface area contributed by atoms with Crippen molar-refractivity contribution in [2.75, 3.05) is 6.54 Å². The van der Waals surface area contributed by atoms with Gasteiger partial charge in [-0.15, -0.1) is 0 Å². The Morgan fingerprint density at radius 3 is 2.94 bits per heavy atom. The number of likely N-dealkylation sites (tertiary alicyclic amines) is 1. The minimum Gasteiger partial charge on any atom is -0.480 e. The van der Waals surface area contributed by atoms with Gasteiger partial charge in [-0.25, -0.2) is 4.39 Å². The van der Waals surface area contributed by atoms with E-state index >= 15 is 0 Å². The van der Waals surface area contributed by atoms with Gasteiger partial charge in [0.05, 0.1) is 0 Å². The van der Waals surface area contributed by atoms with E-state index in [1.807, 2.05) is 11.8 Å². The average Bonchev–Trinajstić information content (AvgIpc) is 2.64. The first-order chi connectivity index (χ1) is 8.49. The van der Waals surface area contributed by atoms with Gasteiger partial charge in [-0.2, -0.15) is 0 Å². The fourth-order valence-corrected chi connectivity index (χ4v) is 2.70. The van der Waals surface area contributed by atoms with E-state index in [2.05, 4.69) is 0 Å². The molecule has 0 radical (unpaired) electrons. The Labute approximate surface area is 110 Å². The van der Waals surface area contributed by atoms with E-state index in [-0.39, 0.29) is 11.7 Å². The first kappa shape index (κ1) is 13.3. The molecule has 2 rings (SSSR count). The van der Waals surface area contributed by atoms with Gasteiger partial charge in [0.1, 0.15) is 11.9 Å². The zero-order chi connectivity index (χ0) is 13.3. The summed E-state index contributed by atoms with van der Waals surface area (Å²) in [4.78, 5) is 13.1. The highest BCUT2D eigenvalue weighted by molar-refractivity contribution is 6.31. The van der Waals surface area contributed by atoms with Crippen molar-refractivity contribution in [3.63, 3.8) is 0 Å². The molecule has 1 aliphatic rings. The summed E-state index contributed by atoms with van der Waals surface area (Å²) in [5.41, 5.74) is 0.762. The molecular weight excluding hydrogens is 257 g/mol. The Kier molecular flexibility index (Phi) is 3.88. The molecule has 2 unspecified atom stereocenters. The number of nitrogens with zero attached hydrogens (tertiary/aromatic N) is 1. The van der Waals surface area contributed by atoms with E-state index in [9.17, 15) is 14.3 Å². The molecule has 1 aromatic rings. The van der Waals surface area contributed by atoms with Gasteiger partial charge in [0, 0.05) is 11.6 Å². The van der Waals surface area contributed by atoms with Gasteiger partial charge in [-0.1, -0.05) is 24.6 Å². The van der Waals surface area contributed by atoms with Crippen LogP contribution in [-0.4, -0.2) is 28.6 Å². The monoisotopic (exact) mass is 271 g/mol. The number of hydrogen-bond acceptors (Lipinski definition) is 2. The van der Waals surface area contributed by atoms with Gasteiger partial charge < -0.3 is 5.11 Å². The van der Waals surface area contributed by atoms with Crippen molar-refractivity contribution < 1.29 is 14.3 Å². The molecule has 18 heavy (non-hydrogen) atoms. The normalized spacial score (nSPS) is 24.4. The lowest BCUT2D eigenvalue weighted by Crippen LogP contribution is -2.38. The topological polar surface area (TPSA) is 40.5 Å². The lowest BCUT2D eigenvalue weighted by molar-refractivity contribution is -0.143. The summed E-state index contributed by atoms with van der Waals surface area (Å²) < 4.78 is 12.9. The summed E-state index contributed by atoms with van der Waals surface area (Å²) in [5, 5.41) is 9.56. The summed E-state index contributed by atoms with van der Waals surface area (Å²) in [7, 11) is 0. The molecule has 1 saturated heterocycles.